The van der Waals surface area contributed by atoms with Gasteiger partial charge in [0.25, 0.3) is 0 Å². The van der Waals surface area contributed by atoms with E-state index in [0.29, 0.717) is 19.0 Å². The zero-order chi connectivity index (χ0) is 16.6. The maximum atomic E-state index is 12.5. The molecule has 9 heteroatoms. The third-order valence-electron chi connectivity index (χ3n) is 4.38. The highest BCUT2D eigenvalue weighted by atomic mass is 32.2. The summed E-state index contributed by atoms with van der Waals surface area (Å²) in [5.41, 5.74) is 0. The number of sulfone groups is 1. The number of aryl methyl sites for hydroxylation is 1. The second-order valence-corrected chi connectivity index (χ2v) is 9.33. The highest BCUT2D eigenvalue weighted by molar-refractivity contribution is 7.99. The van der Waals surface area contributed by atoms with E-state index in [4.69, 9.17) is 0 Å². The fourth-order valence-electron chi connectivity index (χ4n) is 3.07. The van der Waals surface area contributed by atoms with Crippen molar-refractivity contribution in [2.24, 2.45) is 0 Å². The van der Waals surface area contributed by atoms with Gasteiger partial charge in [-0.2, -0.15) is 0 Å². The second kappa shape index (κ2) is 6.43. The minimum atomic E-state index is -2.98. The Balaban J connectivity index is 1.62. The number of hydrogen-bond acceptors (Lipinski definition) is 6. The molecule has 128 valence electrons. The largest absolute Gasteiger partial charge is 0.338 e. The Morgan fingerprint density at radius 3 is 2.65 bits per heavy atom. The van der Waals surface area contributed by atoms with Crippen LogP contribution >= 0.6 is 11.8 Å². The Kier molecular flexibility index (Phi) is 4.68. The third kappa shape index (κ3) is 3.71. The topological polar surface area (TPSA) is 85.2 Å². The van der Waals surface area contributed by atoms with Crippen molar-refractivity contribution in [2.45, 2.75) is 50.4 Å². The van der Waals surface area contributed by atoms with Crippen LogP contribution in [0.3, 0.4) is 0 Å². The van der Waals surface area contributed by atoms with Crippen LogP contribution in [-0.4, -0.2) is 63.8 Å². The number of aromatic nitrogens is 3. The van der Waals surface area contributed by atoms with Crippen molar-refractivity contribution in [3.8, 4) is 0 Å². The van der Waals surface area contributed by atoms with E-state index >= 15 is 0 Å². The van der Waals surface area contributed by atoms with Crippen LogP contribution < -0.4 is 0 Å². The minimum Gasteiger partial charge on any atom is -0.338 e. The predicted molar refractivity (Wildman–Crippen MR) is 88.2 cm³/mol. The standard InChI is InChI=1S/C14H22N4O3S2/c1-3-17(12-6-7-23(20,21)9-12)13(19)8-22-14-16-15-10(2)18(14)11-4-5-11/h11-12H,3-9H2,1-2H3/t12-/m0/s1. The monoisotopic (exact) mass is 358 g/mol. The Hall–Kier alpha value is -1.09. The van der Waals surface area contributed by atoms with Crippen LogP contribution in [0.5, 0.6) is 0 Å². The fourth-order valence-corrected chi connectivity index (χ4v) is 5.74. The summed E-state index contributed by atoms with van der Waals surface area (Å²) in [6.07, 6.45) is 2.83. The number of carbonyl (C=O) groups is 1. The van der Waals surface area contributed by atoms with Crippen molar-refractivity contribution in [2.75, 3.05) is 23.8 Å². The van der Waals surface area contributed by atoms with E-state index in [1.165, 1.54) is 11.8 Å². The van der Waals surface area contributed by atoms with Crippen molar-refractivity contribution in [3.05, 3.63) is 5.82 Å². The first-order valence-electron chi connectivity index (χ1n) is 7.95. The highest BCUT2D eigenvalue weighted by Gasteiger charge is 2.34. The van der Waals surface area contributed by atoms with Crippen LogP contribution in [-0.2, 0) is 14.6 Å². The molecule has 0 N–H and O–H groups in total. The van der Waals surface area contributed by atoms with Gasteiger partial charge in [-0.25, -0.2) is 8.42 Å². The van der Waals surface area contributed by atoms with Gasteiger partial charge < -0.3 is 9.47 Å². The molecule has 0 bridgehead atoms. The van der Waals surface area contributed by atoms with Crippen LogP contribution in [0.4, 0.5) is 0 Å². The van der Waals surface area contributed by atoms with E-state index in [9.17, 15) is 13.2 Å². The second-order valence-electron chi connectivity index (χ2n) is 6.16. The first kappa shape index (κ1) is 16.8. The number of hydrogen-bond donors (Lipinski definition) is 0. The average molecular weight is 358 g/mol. The van der Waals surface area contributed by atoms with Gasteiger partial charge in [0.1, 0.15) is 5.82 Å². The van der Waals surface area contributed by atoms with Crippen molar-refractivity contribution in [1.82, 2.24) is 19.7 Å². The Bertz CT molecular complexity index is 697. The first-order valence-corrected chi connectivity index (χ1v) is 10.8. The van der Waals surface area contributed by atoms with E-state index < -0.39 is 9.84 Å². The molecule has 7 nitrogen and oxygen atoms in total. The van der Waals surface area contributed by atoms with Crippen molar-refractivity contribution >= 4 is 27.5 Å². The number of amides is 1. The van der Waals surface area contributed by atoms with Gasteiger partial charge in [-0.15, -0.1) is 10.2 Å². The van der Waals surface area contributed by atoms with E-state index in [1.54, 1.807) is 4.90 Å². The van der Waals surface area contributed by atoms with E-state index in [0.717, 1.165) is 23.8 Å². The summed E-state index contributed by atoms with van der Waals surface area (Å²) < 4.78 is 25.4. The minimum absolute atomic E-state index is 0.0254. The van der Waals surface area contributed by atoms with E-state index in [1.807, 2.05) is 13.8 Å². The normalized spacial score (nSPS) is 23.1. The molecule has 1 aromatic rings. The summed E-state index contributed by atoms with van der Waals surface area (Å²) in [5.74, 6) is 1.41. The van der Waals surface area contributed by atoms with Crippen molar-refractivity contribution < 1.29 is 13.2 Å². The molecule has 1 amide bonds. The van der Waals surface area contributed by atoms with Crippen LogP contribution in [0.25, 0.3) is 0 Å². The zero-order valence-corrected chi connectivity index (χ0v) is 15.1. The van der Waals surface area contributed by atoms with E-state index in [2.05, 4.69) is 14.8 Å². The highest BCUT2D eigenvalue weighted by Crippen LogP contribution is 2.38. The van der Waals surface area contributed by atoms with Gasteiger partial charge in [-0.1, -0.05) is 11.8 Å². The summed E-state index contributed by atoms with van der Waals surface area (Å²) in [6, 6.07) is 0.297. The molecule has 2 fully saturated rings. The molecule has 23 heavy (non-hydrogen) atoms. The molecule has 3 rings (SSSR count). The lowest BCUT2D eigenvalue weighted by atomic mass is 10.2. The molecule has 2 heterocycles. The van der Waals surface area contributed by atoms with Crippen LogP contribution in [0.1, 0.15) is 38.1 Å². The molecule has 1 saturated heterocycles. The summed E-state index contributed by atoms with van der Waals surface area (Å²) in [7, 11) is -2.98. The SMILES string of the molecule is CCN(C(=O)CSc1nnc(C)n1C1CC1)[C@H]1CCS(=O)(=O)C1. The summed E-state index contributed by atoms with van der Waals surface area (Å²) in [4.78, 5) is 14.2. The zero-order valence-electron chi connectivity index (χ0n) is 13.4. The van der Waals surface area contributed by atoms with Crippen LogP contribution in [0, 0.1) is 6.92 Å². The Labute approximate surface area is 140 Å². The molecule has 0 aromatic carbocycles. The smallest absolute Gasteiger partial charge is 0.233 e. The molecule has 0 spiro atoms. The lowest BCUT2D eigenvalue weighted by molar-refractivity contribution is -0.129. The van der Waals surface area contributed by atoms with Crippen molar-refractivity contribution in [3.63, 3.8) is 0 Å². The maximum absolute atomic E-state index is 12.5. The molecular formula is C14H22N4O3S2. The van der Waals surface area contributed by atoms with Gasteiger partial charge >= 0.3 is 0 Å². The number of nitrogens with zero attached hydrogens (tertiary/aromatic N) is 4. The molecule has 2 aliphatic rings. The van der Waals surface area contributed by atoms with E-state index in [-0.39, 0.29) is 29.2 Å². The average Bonchev–Trinajstić information content (AvgIpc) is 3.17. The lowest BCUT2D eigenvalue weighted by Gasteiger charge is -2.26. The van der Waals surface area contributed by atoms with Gasteiger partial charge in [0.05, 0.1) is 17.3 Å². The van der Waals surface area contributed by atoms with Gasteiger partial charge in [0.2, 0.25) is 5.91 Å². The van der Waals surface area contributed by atoms with Crippen molar-refractivity contribution in [1.29, 1.82) is 0 Å². The van der Waals surface area contributed by atoms with Gasteiger partial charge in [0, 0.05) is 18.6 Å². The molecule has 1 saturated carbocycles. The first-order chi connectivity index (χ1) is 10.9. The Morgan fingerprint density at radius 2 is 2.09 bits per heavy atom. The molecule has 0 unspecified atom stereocenters. The number of thioether (sulfide) groups is 1. The van der Waals surface area contributed by atoms with Gasteiger partial charge in [0.15, 0.2) is 15.0 Å². The number of carbonyl (C=O) groups excluding carboxylic acids is 1. The number of rotatable bonds is 6. The molecule has 0 radical (unpaired) electrons. The van der Waals surface area contributed by atoms with Gasteiger partial charge in [-0.05, 0) is 33.1 Å². The molecular weight excluding hydrogens is 336 g/mol. The molecule has 1 aliphatic heterocycles. The van der Waals surface area contributed by atoms with Crippen LogP contribution in [0.2, 0.25) is 0 Å². The van der Waals surface area contributed by atoms with Gasteiger partial charge in [-0.3, -0.25) is 4.79 Å². The Morgan fingerprint density at radius 1 is 1.35 bits per heavy atom. The van der Waals surface area contributed by atoms with Crippen LogP contribution in [0.15, 0.2) is 5.16 Å². The molecule has 1 atom stereocenters. The maximum Gasteiger partial charge on any atom is 0.233 e. The predicted octanol–water partition coefficient (Wildman–Crippen LogP) is 1.05. The molecule has 1 aromatic heterocycles. The quantitative estimate of drug-likeness (QED) is 0.707. The molecule has 1 aliphatic carbocycles. The third-order valence-corrected chi connectivity index (χ3v) is 7.06. The summed E-state index contributed by atoms with van der Waals surface area (Å²) in [5, 5.41) is 9.05. The lowest BCUT2D eigenvalue weighted by Crippen LogP contribution is -2.42. The summed E-state index contributed by atoms with van der Waals surface area (Å²) >= 11 is 1.40. The fraction of sp³-hybridized carbons (Fsp3) is 0.786. The summed E-state index contributed by atoms with van der Waals surface area (Å²) in [6.45, 7) is 4.36.